The number of nitrogens with one attached hydrogen (secondary N) is 1. The molecule has 3 amide bonds. The van der Waals surface area contributed by atoms with Crippen molar-refractivity contribution in [2.75, 3.05) is 0 Å². The van der Waals surface area contributed by atoms with E-state index in [9.17, 15) is 14.4 Å². The van der Waals surface area contributed by atoms with Crippen LogP contribution in [-0.2, 0) is 20.8 Å². The first-order valence-electron chi connectivity index (χ1n) is 9.96. The molecule has 5 aliphatic rings. The van der Waals surface area contributed by atoms with Crippen molar-refractivity contribution < 1.29 is 14.4 Å². The molecule has 2 bridgehead atoms. The number of imide groups is 1. The molecule has 0 radical (unpaired) electrons. The molecule has 28 heavy (non-hydrogen) atoms. The fourth-order valence-corrected chi connectivity index (χ4v) is 5.85. The number of rotatable bonds is 3. The van der Waals surface area contributed by atoms with Gasteiger partial charge in [-0.1, -0.05) is 54.6 Å². The van der Waals surface area contributed by atoms with E-state index in [1.54, 1.807) is 0 Å². The van der Waals surface area contributed by atoms with Gasteiger partial charge in [0, 0.05) is 0 Å². The molecular weight excluding hydrogens is 352 g/mol. The van der Waals surface area contributed by atoms with Gasteiger partial charge in [-0.2, -0.15) is 5.01 Å². The van der Waals surface area contributed by atoms with Gasteiger partial charge in [0.25, 0.3) is 11.8 Å². The van der Waals surface area contributed by atoms with Crippen molar-refractivity contribution in [3.63, 3.8) is 0 Å². The number of carbonyl (C=O) groups excluding carboxylic acids is 3. The SMILES string of the molecule is O=C(Cc1cccc2ccccc12)NN1C(=O)[C@@H]2[C@H]3C=C[C@@H]([C@@H]4C[C@@H]34)[C@@H]2C1=O. The van der Waals surface area contributed by atoms with E-state index in [2.05, 4.69) is 17.6 Å². The van der Waals surface area contributed by atoms with Crippen LogP contribution in [0.2, 0.25) is 0 Å². The number of nitrogens with zero attached hydrogens (tertiary/aromatic N) is 1. The summed E-state index contributed by atoms with van der Waals surface area (Å²) in [6.07, 6.45) is 5.52. The van der Waals surface area contributed by atoms with Gasteiger partial charge in [-0.05, 0) is 46.4 Å². The first-order valence-corrected chi connectivity index (χ1v) is 9.96. The maximum atomic E-state index is 13.0. The maximum absolute atomic E-state index is 13.0. The van der Waals surface area contributed by atoms with Gasteiger partial charge in [0.1, 0.15) is 0 Å². The van der Waals surface area contributed by atoms with E-state index in [1.165, 1.54) is 0 Å². The van der Waals surface area contributed by atoms with Crippen LogP contribution >= 0.6 is 0 Å². The fraction of sp³-hybridized carbons (Fsp3) is 0.348. The highest BCUT2D eigenvalue weighted by atomic mass is 16.2. The molecule has 140 valence electrons. The van der Waals surface area contributed by atoms with Crippen LogP contribution in [0, 0.1) is 35.5 Å². The van der Waals surface area contributed by atoms with Crippen molar-refractivity contribution in [2.45, 2.75) is 12.8 Å². The highest BCUT2D eigenvalue weighted by molar-refractivity contribution is 6.07. The summed E-state index contributed by atoms with van der Waals surface area (Å²) < 4.78 is 0. The highest BCUT2D eigenvalue weighted by Gasteiger charge is 2.67. The third-order valence-electron chi connectivity index (χ3n) is 7.13. The van der Waals surface area contributed by atoms with Gasteiger partial charge in [-0.25, -0.2) is 0 Å². The molecule has 0 spiro atoms. The van der Waals surface area contributed by atoms with Gasteiger partial charge in [-0.15, -0.1) is 0 Å². The second kappa shape index (κ2) is 5.53. The minimum atomic E-state index is -0.331. The average Bonchev–Trinajstić information content (AvgIpc) is 3.49. The van der Waals surface area contributed by atoms with Crippen LogP contribution in [0.5, 0.6) is 0 Å². The van der Waals surface area contributed by atoms with E-state index in [0.717, 1.165) is 27.8 Å². The van der Waals surface area contributed by atoms with Crippen molar-refractivity contribution in [1.82, 2.24) is 10.4 Å². The van der Waals surface area contributed by atoms with Crippen LogP contribution in [0.25, 0.3) is 10.8 Å². The Balaban J connectivity index is 1.23. The summed E-state index contributed by atoms with van der Waals surface area (Å²) in [4.78, 5) is 38.6. The van der Waals surface area contributed by atoms with Crippen molar-refractivity contribution >= 4 is 28.5 Å². The van der Waals surface area contributed by atoms with Crippen LogP contribution in [0.4, 0.5) is 0 Å². The van der Waals surface area contributed by atoms with E-state index < -0.39 is 0 Å². The molecule has 1 N–H and O–H groups in total. The van der Waals surface area contributed by atoms with Crippen LogP contribution in [0.1, 0.15) is 12.0 Å². The summed E-state index contributed by atoms with van der Waals surface area (Å²) in [5, 5.41) is 3.09. The molecule has 2 aromatic rings. The summed E-state index contributed by atoms with van der Waals surface area (Å²) in [6, 6.07) is 13.7. The average molecular weight is 372 g/mol. The molecule has 1 heterocycles. The fourth-order valence-electron chi connectivity index (χ4n) is 5.85. The Labute approximate surface area is 162 Å². The number of amides is 3. The standard InChI is InChI=1S/C23H20N2O3/c26-19(10-13-6-3-5-12-4-1-2-7-14(12)13)24-25-22(27)20-15-8-9-16(18-11-17(15)18)21(20)23(25)28/h1-9,15-18,20-21H,10-11H2,(H,24,26)/t15-,16-,17-,18-,20-,21+/m0/s1. The molecule has 0 unspecified atom stereocenters. The molecule has 1 aliphatic heterocycles. The third-order valence-corrected chi connectivity index (χ3v) is 7.13. The Morgan fingerprint density at radius 3 is 2.29 bits per heavy atom. The van der Waals surface area contributed by atoms with E-state index in [1.807, 2.05) is 42.5 Å². The van der Waals surface area contributed by atoms with Gasteiger partial charge in [-0.3, -0.25) is 19.8 Å². The van der Waals surface area contributed by atoms with E-state index in [-0.39, 0.29) is 47.8 Å². The lowest BCUT2D eigenvalue weighted by atomic mass is 9.63. The zero-order valence-electron chi connectivity index (χ0n) is 15.2. The van der Waals surface area contributed by atoms with E-state index in [4.69, 9.17) is 0 Å². The monoisotopic (exact) mass is 372 g/mol. The molecule has 4 aliphatic carbocycles. The number of benzene rings is 2. The Kier molecular flexibility index (Phi) is 3.17. The zero-order chi connectivity index (χ0) is 19.0. The van der Waals surface area contributed by atoms with Crippen molar-refractivity contribution in [3.05, 3.63) is 60.2 Å². The van der Waals surface area contributed by atoms with E-state index >= 15 is 0 Å². The van der Waals surface area contributed by atoms with Gasteiger partial charge < -0.3 is 0 Å². The number of allylic oxidation sites excluding steroid dienone is 2. The Morgan fingerprint density at radius 2 is 1.57 bits per heavy atom. The zero-order valence-corrected chi connectivity index (χ0v) is 15.2. The Morgan fingerprint density at radius 1 is 0.929 bits per heavy atom. The summed E-state index contributed by atoms with van der Waals surface area (Å²) in [7, 11) is 0. The minimum absolute atomic E-state index is 0.129. The third kappa shape index (κ3) is 2.10. The molecular formula is C23H20N2O3. The number of carbonyl (C=O) groups is 3. The van der Waals surface area contributed by atoms with Gasteiger partial charge in [0.15, 0.2) is 0 Å². The van der Waals surface area contributed by atoms with Gasteiger partial charge in [0.05, 0.1) is 18.3 Å². The summed E-state index contributed by atoms with van der Waals surface area (Å²) in [5.74, 6) is 0.0684. The predicted octanol–water partition coefficient (Wildman–Crippen LogP) is 2.47. The van der Waals surface area contributed by atoms with Gasteiger partial charge >= 0.3 is 0 Å². The summed E-state index contributed by atoms with van der Waals surface area (Å²) >= 11 is 0. The normalized spacial score (nSPS) is 34.5. The van der Waals surface area contributed by atoms with Gasteiger partial charge in [0.2, 0.25) is 5.91 Å². The smallest absolute Gasteiger partial charge is 0.252 e. The largest absolute Gasteiger partial charge is 0.273 e. The lowest BCUT2D eigenvalue weighted by Crippen LogP contribution is -2.47. The molecule has 5 nitrogen and oxygen atoms in total. The molecule has 3 fully saturated rings. The topological polar surface area (TPSA) is 66.5 Å². The Hall–Kier alpha value is -2.95. The molecule has 2 aromatic carbocycles. The first-order chi connectivity index (χ1) is 13.6. The Bertz CT molecular complexity index is 1030. The second-order valence-electron chi connectivity index (χ2n) is 8.52. The summed E-state index contributed by atoms with van der Waals surface area (Å²) in [6.45, 7) is 0. The molecule has 5 heteroatoms. The molecule has 6 atom stereocenters. The highest BCUT2D eigenvalue weighted by Crippen LogP contribution is 2.65. The van der Waals surface area contributed by atoms with Crippen molar-refractivity contribution in [2.24, 2.45) is 35.5 Å². The number of hydrogen-bond donors (Lipinski definition) is 1. The maximum Gasteiger partial charge on any atom is 0.252 e. The minimum Gasteiger partial charge on any atom is -0.273 e. The second-order valence-corrected chi connectivity index (χ2v) is 8.52. The molecule has 0 aromatic heterocycles. The molecule has 7 rings (SSSR count). The van der Waals surface area contributed by atoms with Crippen molar-refractivity contribution in [3.8, 4) is 0 Å². The van der Waals surface area contributed by atoms with Crippen LogP contribution < -0.4 is 5.43 Å². The lowest BCUT2D eigenvalue weighted by Gasteiger charge is -2.37. The van der Waals surface area contributed by atoms with Crippen LogP contribution in [0.3, 0.4) is 0 Å². The van der Waals surface area contributed by atoms with Crippen LogP contribution in [-0.4, -0.2) is 22.7 Å². The first kappa shape index (κ1) is 16.0. The quantitative estimate of drug-likeness (QED) is 0.665. The molecule has 2 saturated carbocycles. The van der Waals surface area contributed by atoms with E-state index in [0.29, 0.717) is 11.8 Å². The number of hydrazine groups is 1. The predicted molar refractivity (Wildman–Crippen MR) is 102 cm³/mol. The summed E-state index contributed by atoms with van der Waals surface area (Å²) in [5.41, 5.74) is 3.50. The number of fused-ring (bicyclic) bond motifs is 1. The molecule has 1 saturated heterocycles. The lowest BCUT2D eigenvalue weighted by molar-refractivity contribution is -0.149. The van der Waals surface area contributed by atoms with Crippen LogP contribution in [0.15, 0.2) is 54.6 Å². The van der Waals surface area contributed by atoms with Crippen molar-refractivity contribution in [1.29, 1.82) is 0 Å². The number of hydrogen-bond acceptors (Lipinski definition) is 3.